The number of rotatable bonds is 5. The SMILES string of the molecule is Cc1ccc(S(=O)(=O)N2CCCC[C@@H]2c2cccnc2N(C(=O)OC(C)(C)C)C2CCCC2)cc1. The highest BCUT2D eigenvalue weighted by Gasteiger charge is 2.39. The molecule has 1 amide bonds. The van der Waals surface area contributed by atoms with E-state index >= 15 is 0 Å². The molecule has 0 radical (unpaired) electrons. The Kier molecular flexibility index (Phi) is 7.52. The summed E-state index contributed by atoms with van der Waals surface area (Å²) in [4.78, 5) is 20.1. The van der Waals surface area contributed by atoms with Gasteiger partial charge in [-0.05, 0) is 71.6 Å². The molecule has 1 aromatic heterocycles. The van der Waals surface area contributed by atoms with Crippen molar-refractivity contribution in [1.82, 2.24) is 9.29 Å². The van der Waals surface area contributed by atoms with E-state index in [-0.39, 0.29) is 6.04 Å². The van der Waals surface area contributed by atoms with Crippen molar-refractivity contribution in [2.75, 3.05) is 11.4 Å². The Morgan fingerprint density at radius 2 is 1.69 bits per heavy atom. The molecule has 0 bridgehead atoms. The Bertz CT molecular complexity index is 1140. The summed E-state index contributed by atoms with van der Waals surface area (Å²) >= 11 is 0. The number of nitrogens with zero attached hydrogens (tertiary/aromatic N) is 3. The number of aryl methyl sites for hydroxylation is 1. The first-order valence-corrected chi connectivity index (χ1v) is 14.1. The van der Waals surface area contributed by atoms with Gasteiger partial charge in [0.1, 0.15) is 11.4 Å². The fraction of sp³-hybridized carbons (Fsp3) is 0.556. The van der Waals surface area contributed by atoms with Crippen LogP contribution in [0.5, 0.6) is 0 Å². The first-order chi connectivity index (χ1) is 16.6. The molecule has 1 aliphatic heterocycles. The van der Waals surface area contributed by atoms with Gasteiger partial charge in [0.2, 0.25) is 10.0 Å². The van der Waals surface area contributed by atoms with Gasteiger partial charge in [0, 0.05) is 24.3 Å². The monoisotopic (exact) mass is 499 g/mol. The number of aromatic nitrogens is 1. The summed E-state index contributed by atoms with van der Waals surface area (Å²) in [5.41, 5.74) is 1.13. The van der Waals surface area contributed by atoms with E-state index in [1.165, 1.54) is 0 Å². The lowest BCUT2D eigenvalue weighted by Crippen LogP contribution is -2.45. The topological polar surface area (TPSA) is 79.8 Å². The summed E-state index contributed by atoms with van der Waals surface area (Å²) in [6.45, 7) is 7.94. The van der Waals surface area contributed by atoms with Crippen LogP contribution in [0, 0.1) is 6.92 Å². The fourth-order valence-electron chi connectivity index (χ4n) is 5.10. The molecule has 4 rings (SSSR count). The third-order valence-electron chi connectivity index (χ3n) is 6.77. The summed E-state index contributed by atoms with van der Waals surface area (Å²) < 4.78 is 34.9. The van der Waals surface area contributed by atoms with Gasteiger partial charge in [-0.3, -0.25) is 4.90 Å². The van der Waals surface area contributed by atoms with Crippen molar-refractivity contribution in [1.29, 1.82) is 0 Å². The largest absolute Gasteiger partial charge is 0.443 e. The highest BCUT2D eigenvalue weighted by atomic mass is 32.2. The van der Waals surface area contributed by atoms with E-state index in [1.54, 1.807) is 27.5 Å². The van der Waals surface area contributed by atoms with E-state index in [9.17, 15) is 13.2 Å². The maximum absolute atomic E-state index is 13.7. The number of piperidine rings is 1. The van der Waals surface area contributed by atoms with Gasteiger partial charge >= 0.3 is 6.09 Å². The molecular weight excluding hydrogens is 462 g/mol. The molecule has 1 saturated carbocycles. The average molecular weight is 500 g/mol. The molecule has 2 heterocycles. The fourth-order valence-corrected chi connectivity index (χ4v) is 6.78. The number of hydrogen-bond donors (Lipinski definition) is 0. The minimum absolute atomic E-state index is 0.00996. The molecule has 1 aliphatic carbocycles. The summed E-state index contributed by atoms with van der Waals surface area (Å²) in [5.74, 6) is 0.518. The van der Waals surface area contributed by atoms with Crippen LogP contribution in [0.2, 0.25) is 0 Å². The van der Waals surface area contributed by atoms with Crippen molar-refractivity contribution in [3.05, 3.63) is 53.7 Å². The number of pyridine rings is 1. The molecule has 8 heteroatoms. The van der Waals surface area contributed by atoms with Crippen molar-refractivity contribution in [2.24, 2.45) is 0 Å². The standard InChI is InChI=1S/C27H37N3O4S/c1-20-14-16-22(17-15-20)35(32,33)29-19-8-7-13-24(29)23-12-9-18-28-25(23)30(21-10-5-6-11-21)26(31)34-27(2,3)4/h9,12,14-18,21,24H,5-8,10-11,13,19H2,1-4H3/t24-/m1/s1. The Balaban J connectivity index is 1.76. The summed E-state index contributed by atoms with van der Waals surface area (Å²) in [6, 6.07) is 10.3. The van der Waals surface area contributed by atoms with Crippen molar-refractivity contribution in [3.8, 4) is 0 Å². The van der Waals surface area contributed by atoms with E-state index < -0.39 is 27.8 Å². The summed E-state index contributed by atoms with van der Waals surface area (Å²) in [6.07, 6.45) is 7.49. The second-order valence-corrected chi connectivity index (χ2v) is 12.5. The average Bonchev–Trinajstić information content (AvgIpc) is 3.33. The van der Waals surface area contributed by atoms with Crippen LogP contribution in [0.15, 0.2) is 47.5 Å². The molecule has 2 fully saturated rings. The van der Waals surface area contributed by atoms with Crippen LogP contribution >= 0.6 is 0 Å². The number of ether oxygens (including phenoxy) is 1. The van der Waals surface area contributed by atoms with Gasteiger partial charge in [0.05, 0.1) is 10.9 Å². The van der Waals surface area contributed by atoms with Crippen molar-refractivity contribution in [3.63, 3.8) is 0 Å². The molecule has 0 unspecified atom stereocenters. The first-order valence-electron chi connectivity index (χ1n) is 12.6. The molecule has 1 atom stereocenters. The van der Waals surface area contributed by atoms with Gasteiger partial charge in [-0.1, -0.05) is 43.0 Å². The van der Waals surface area contributed by atoms with E-state index in [2.05, 4.69) is 4.98 Å². The second kappa shape index (κ2) is 10.3. The van der Waals surface area contributed by atoms with Gasteiger partial charge in [0.25, 0.3) is 0 Å². The van der Waals surface area contributed by atoms with E-state index in [1.807, 2.05) is 52.0 Å². The van der Waals surface area contributed by atoms with E-state index in [0.29, 0.717) is 23.7 Å². The lowest BCUT2D eigenvalue weighted by atomic mass is 9.97. The minimum atomic E-state index is -3.72. The van der Waals surface area contributed by atoms with E-state index in [0.717, 1.165) is 49.7 Å². The maximum Gasteiger partial charge on any atom is 0.416 e. The molecule has 2 aliphatic rings. The maximum atomic E-state index is 13.7. The summed E-state index contributed by atoms with van der Waals surface area (Å²) in [7, 11) is -3.72. The number of sulfonamides is 1. The molecule has 190 valence electrons. The van der Waals surface area contributed by atoms with Gasteiger partial charge in [-0.25, -0.2) is 18.2 Å². The van der Waals surface area contributed by atoms with Crippen LogP contribution in [0.25, 0.3) is 0 Å². The van der Waals surface area contributed by atoms with Crippen LogP contribution in [0.1, 0.15) is 82.9 Å². The zero-order valence-electron chi connectivity index (χ0n) is 21.2. The van der Waals surface area contributed by atoms with Gasteiger partial charge in [0.15, 0.2) is 0 Å². The van der Waals surface area contributed by atoms with Crippen LogP contribution in [0.4, 0.5) is 10.6 Å². The summed E-state index contributed by atoms with van der Waals surface area (Å²) in [5, 5.41) is 0. The minimum Gasteiger partial charge on any atom is -0.443 e. The highest BCUT2D eigenvalue weighted by Crippen LogP contribution is 2.40. The number of carbonyl (C=O) groups is 1. The van der Waals surface area contributed by atoms with E-state index in [4.69, 9.17) is 4.74 Å². The van der Waals surface area contributed by atoms with Crippen molar-refractivity contribution in [2.45, 2.75) is 95.2 Å². The smallest absolute Gasteiger partial charge is 0.416 e. The van der Waals surface area contributed by atoms with Crippen LogP contribution in [0.3, 0.4) is 0 Å². The second-order valence-electron chi connectivity index (χ2n) is 10.6. The van der Waals surface area contributed by atoms with Crippen molar-refractivity contribution >= 4 is 21.9 Å². The third-order valence-corrected chi connectivity index (χ3v) is 8.69. The lowest BCUT2D eigenvalue weighted by Gasteiger charge is -2.38. The Morgan fingerprint density at radius 1 is 1.03 bits per heavy atom. The van der Waals surface area contributed by atoms with Crippen LogP contribution in [-0.4, -0.2) is 42.0 Å². The van der Waals surface area contributed by atoms with Crippen molar-refractivity contribution < 1.29 is 17.9 Å². The number of benzene rings is 1. The molecule has 35 heavy (non-hydrogen) atoms. The molecule has 1 saturated heterocycles. The number of hydrogen-bond acceptors (Lipinski definition) is 5. The Hall–Kier alpha value is -2.45. The lowest BCUT2D eigenvalue weighted by molar-refractivity contribution is 0.0564. The van der Waals surface area contributed by atoms with Crippen LogP contribution in [-0.2, 0) is 14.8 Å². The number of carbonyl (C=O) groups excluding carboxylic acids is 1. The predicted octanol–water partition coefficient (Wildman–Crippen LogP) is 5.99. The van der Waals surface area contributed by atoms with Gasteiger partial charge in [-0.15, -0.1) is 0 Å². The normalized spacial score (nSPS) is 20.1. The molecule has 0 spiro atoms. The molecule has 2 aromatic rings. The quantitative estimate of drug-likeness (QED) is 0.505. The number of amides is 1. The van der Waals surface area contributed by atoms with Gasteiger partial charge in [-0.2, -0.15) is 4.31 Å². The van der Waals surface area contributed by atoms with Crippen LogP contribution < -0.4 is 4.90 Å². The Morgan fingerprint density at radius 3 is 2.34 bits per heavy atom. The molecular formula is C27H37N3O4S. The predicted molar refractivity (Wildman–Crippen MR) is 137 cm³/mol. The first kappa shape index (κ1) is 25.6. The Labute approximate surface area is 209 Å². The zero-order chi connectivity index (χ0) is 25.2. The third kappa shape index (κ3) is 5.70. The van der Waals surface area contributed by atoms with Gasteiger partial charge < -0.3 is 4.74 Å². The molecule has 7 nitrogen and oxygen atoms in total. The number of anilines is 1. The molecule has 1 aromatic carbocycles. The zero-order valence-corrected chi connectivity index (χ0v) is 22.1. The highest BCUT2D eigenvalue weighted by molar-refractivity contribution is 7.89. The molecule has 0 N–H and O–H groups in total.